The number of hydrogen-bond acceptors (Lipinski definition) is 5. The predicted molar refractivity (Wildman–Crippen MR) is 84.9 cm³/mol. The number of carbonyl (C=O) groups excluding carboxylic acids is 1. The summed E-state index contributed by atoms with van der Waals surface area (Å²) in [5.74, 6) is 0.0169. The summed E-state index contributed by atoms with van der Waals surface area (Å²) in [5, 5.41) is 12.9. The van der Waals surface area contributed by atoms with Gasteiger partial charge in [-0.25, -0.2) is 4.98 Å². The van der Waals surface area contributed by atoms with Crippen LogP contribution in [0.15, 0.2) is 30.7 Å². The van der Waals surface area contributed by atoms with Gasteiger partial charge in [-0.3, -0.25) is 9.48 Å². The van der Waals surface area contributed by atoms with E-state index in [-0.39, 0.29) is 11.9 Å². The lowest BCUT2D eigenvalue weighted by molar-refractivity contribution is 0.0674. The molecule has 1 atom stereocenters. The van der Waals surface area contributed by atoms with Crippen LogP contribution in [0, 0.1) is 11.3 Å². The van der Waals surface area contributed by atoms with E-state index in [2.05, 4.69) is 15.0 Å². The first kappa shape index (κ1) is 15.0. The Morgan fingerprint density at radius 2 is 2.17 bits per heavy atom. The van der Waals surface area contributed by atoms with E-state index in [1.54, 1.807) is 36.4 Å². The highest BCUT2D eigenvalue weighted by Crippen LogP contribution is 2.20. The molecule has 23 heavy (non-hydrogen) atoms. The molecule has 3 rings (SSSR count). The Morgan fingerprint density at radius 1 is 1.35 bits per heavy atom. The van der Waals surface area contributed by atoms with Crippen LogP contribution < -0.4 is 4.90 Å². The Kier molecular flexibility index (Phi) is 3.98. The van der Waals surface area contributed by atoms with Crippen LogP contribution in [0.25, 0.3) is 0 Å². The van der Waals surface area contributed by atoms with Gasteiger partial charge in [0, 0.05) is 38.9 Å². The Hall–Kier alpha value is -2.88. The molecule has 0 aromatic carbocycles. The largest absolute Gasteiger partial charge is 0.366 e. The fourth-order valence-electron chi connectivity index (χ4n) is 2.83. The maximum Gasteiger partial charge on any atom is 0.257 e. The topological polar surface area (TPSA) is 78.1 Å². The number of nitriles is 1. The summed E-state index contributed by atoms with van der Waals surface area (Å²) in [6.07, 6.45) is 5.06. The van der Waals surface area contributed by atoms with Gasteiger partial charge in [-0.2, -0.15) is 10.4 Å². The molecule has 0 spiro atoms. The van der Waals surface area contributed by atoms with Crippen LogP contribution in [0.4, 0.5) is 5.69 Å². The van der Waals surface area contributed by atoms with Gasteiger partial charge in [0.2, 0.25) is 0 Å². The Morgan fingerprint density at radius 3 is 2.74 bits per heavy atom. The maximum atomic E-state index is 12.6. The molecule has 0 aliphatic carbocycles. The van der Waals surface area contributed by atoms with E-state index < -0.39 is 0 Å². The number of hydrogen-bond donors (Lipinski definition) is 0. The minimum atomic E-state index is 0.0169. The van der Waals surface area contributed by atoms with E-state index in [0.29, 0.717) is 17.8 Å². The third-order valence-electron chi connectivity index (χ3n) is 4.07. The van der Waals surface area contributed by atoms with E-state index >= 15 is 0 Å². The van der Waals surface area contributed by atoms with Crippen LogP contribution in [0.1, 0.15) is 23.0 Å². The summed E-state index contributed by atoms with van der Waals surface area (Å²) in [5.41, 5.74) is 2.00. The highest BCUT2D eigenvalue weighted by molar-refractivity contribution is 5.94. The number of pyridine rings is 1. The van der Waals surface area contributed by atoms with Gasteiger partial charge in [-0.15, -0.1) is 0 Å². The van der Waals surface area contributed by atoms with Gasteiger partial charge < -0.3 is 9.80 Å². The van der Waals surface area contributed by atoms with E-state index in [9.17, 15) is 4.79 Å². The molecule has 1 unspecified atom stereocenters. The molecule has 7 nitrogen and oxygen atoms in total. The summed E-state index contributed by atoms with van der Waals surface area (Å²) in [4.78, 5) is 20.7. The van der Waals surface area contributed by atoms with Gasteiger partial charge in [0.25, 0.3) is 5.91 Å². The van der Waals surface area contributed by atoms with Gasteiger partial charge in [0.1, 0.15) is 11.8 Å². The number of anilines is 1. The second-order valence-electron chi connectivity index (χ2n) is 5.71. The van der Waals surface area contributed by atoms with Gasteiger partial charge in [0.05, 0.1) is 23.6 Å². The molecule has 0 N–H and O–H groups in total. The van der Waals surface area contributed by atoms with Crippen molar-refractivity contribution < 1.29 is 4.79 Å². The Labute approximate surface area is 134 Å². The van der Waals surface area contributed by atoms with E-state index in [1.165, 1.54) is 0 Å². The number of aromatic nitrogens is 3. The lowest BCUT2D eigenvalue weighted by Crippen LogP contribution is -2.54. The minimum absolute atomic E-state index is 0.0169. The van der Waals surface area contributed by atoms with Crippen molar-refractivity contribution in [1.29, 1.82) is 5.26 Å². The zero-order valence-corrected chi connectivity index (χ0v) is 13.2. The smallest absolute Gasteiger partial charge is 0.257 e. The third kappa shape index (κ3) is 3.01. The summed E-state index contributed by atoms with van der Waals surface area (Å²) in [6, 6.07) is 5.72. The number of carbonyl (C=O) groups is 1. The van der Waals surface area contributed by atoms with E-state index in [1.807, 2.05) is 24.0 Å². The standard InChI is InChI=1S/C16H18N6O/c1-12-10-21(15-4-3-14(7-17)18-9-15)5-6-22(12)16(23)13-8-19-20(2)11-13/h3-4,8-9,11-12H,5-6,10H2,1-2H3. The van der Waals surface area contributed by atoms with Crippen LogP contribution >= 0.6 is 0 Å². The van der Waals surface area contributed by atoms with Gasteiger partial charge in [0.15, 0.2) is 0 Å². The summed E-state index contributed by atoms with van der Waals surface area (Å²) < 4.78 is 1.64. The molecule has 7 heteroatoms. The average Bonchev–Trinajstić information content (AvgIpc) is 3.01. The quantitative estimate of drug-likeness (QED) is 0.828. The first-order chi connectivity index (χ1) is 11.1. The lowest BCUT2D eigenvalue weighted by atomic mass is 10.1. The molecular weight excluding hydrogens is 292 g/mol. The number of amides is 1. The molecule has 1 fully saturated rings. The average molecular weight is 310 g/mol. The molecule has 0 saturated carbocycles. The zero-order valence-electron chi connectivity index (χ0n) is 13.2. The van der Waals surface area contributed by atoms with Crippen LogP contribution in [0.2, 0.25) is 0 Å². The highest BCUT2D eigenvalue weighted by atomic mass is 16.2. The SMILES string of the molecule is CC1CN(c2ccc(C#N)nc2)CCN1C(=O)c1cnn(C)c1. The molecular formula is C16H18N6O. The van der Waals surface area contributed by atoms with Gasteiger partial charge in [-0.1, -0.05) is 0 Å². The minimum Gasteiger partial charge on any atom is -0.366 e. The molecule has 118 valence electrons. The number of rotatable bonds is 2. The fraction of sp³-hybridized carbons (Fsp3) is 0.375. The first-order valence-corrected chi connectivity index (χ1v) is 7.49. The second kappa shape index (κ2) is 6.08. The zero-order chi connectivity index (χ0) is 16.4. The van der Waals surface area contributed by atoms with Crippen molar-refractivity contribution in [2.24, 2.45) is 7.05 Å². The third-order valence-corrected chi connectivity index (χ3v) is 4.07. The number of piperazine rings is 1. The monoisotopic (exact) mass is 310 g/mol. The van der Waals surface area contributed by atoms with Gasteiger partial charge in [-0.05, 0) is 19.1 Å². The normalized spacial score (nSPS) is 17.9. The molecule has 0 radical (unpaired) electrons. The summed E-state index contributed by atoms with van der Waals surface area (Å²) in [6.45, 7) is 4.16. The summed E-state index contributed by atoms with van der Waals surface area (Å²) in [7, 11) is 1.80. The molecule has 2 aromatic rings. The van der Waals surface area contributed by atoms with Gasteiger partial charge >= 0.3 is 0 Å². The van der Waals surface area contributed by atoms with Crippen LogP contribution in [-0.2, 0) is 7.05 Å². The molecule has 0 bridgehead atoms. The second-order valence-corrected chi connectivity index (χ2v) is 5.71. The number of nitrogens with zero attached hydrogens (tertiary/aromatic N) is 6. The van der Waals surface area contributed by atoms with Crippen molar-refractivity contribution in [1.82, 2.24) is 19.7 Å². The summed E-state index contributed by atoms with van der Waals surface area (Å²) >= 11 is 0. The van der Waals surface area contributed by atoms with Crippen molar-refractivity contribution in [3.8, 4) is 6.07 Å². The highest BCUT2D eigenvalue weighted by Gasteiger charge is 2.28. The molecule has 1 saturated heterocycles. The van der Waals surface area contributed by atoms with Crippen molar-refractivity contribution in [3.05, 3.63) is 42.0 Å². The van der Waals surface area contributed by atoms with Crippen molar-refractivity contribution in [2.75, 3.05) is 24.5 Å². The maximum absolute atomic E-state index is 12.6. The van der Waals surface area contributed by atoms with Crippen molar-refractivity contribution in [3.63, 3.8) is 0 Å². The molecule has 1 aliphatic heterocycles. The molecule has 3 heterocycles. The Balaban J connectivity index is 1.69. The molecule has 2 aromatic heterocycles. The first-order valence-electron chi connectivity index (χ1n) is 7.49. The lowest BCUT2D eigenvalue weighted by Gasteiger charge is -2.40. The fourth-order valence-corrected chi connectivity index (χ4v) is 2.83. The van der Waals surface area contributed by atoms with Crippen molar-refractivity contribution in [2.45, 2.75) is 13.0 Å². The van der Waals surface area contributed by atoms with Crippen LogP contribution in [-0.4, -0.2) is 51.2 Å². The van der Waals surface area contributed by atoms with E-state index in [0.717, 1.165) is 18.8 Å². The Bertz CT molecular complexity index is 745. The van der Waals surface area contributed by atoms with Crippen LogP contribution in [0.5, 0.6) is 0 Å². The van der Waals surface area contributed by atoms with Crippen LogP contribution in [0.3, 0.4) is 0 Å². The predicted octanol–water partition coefficient (Wildman–Crippen LogP) is 1.04. The molecule has 1 amide bonds. The number of aryl methyl sites for hydroxylation is 1. The van der Waals surface area contributed by atoms with Crippen molar-refractivity contribution >= 4 is 11.6 Å². The molecule has 1 aliphatic rings. The van der Waals surface area contributed by atoms with E-state index in [4.69, 9.17) is 5.26 Å².